The molecule has 8 heteroatoms. The van der Waals surface area contributed by atoms with Crippen LogP contribution in [-0.2, 0) is 19.5 Å². The van der Waals surface area contributed by atoms with E-state index in [9.17, 15) is 13.2 Å². The highest BCUT2D eigenvalue weighted by atomic mass is 32.2. The van der Waals surface area contributed by atoms with Gasteiger partial charge in [0.2, 0.25) is 10.0 Å². The van der Waals surface area contributed by atoms with Gasteiger partial charge in [-0.3, -0.25) is 0 Å². The van der Waals surface area contributed by atoms with Crippen molar-refractivity contribution in [2.45, 2.75) is 42.7 Å². The summed E-state index contributed by atoms with van der Waals surface area (Å²) in [7, 11) is -2.46. The van der Waals surface area contributed by atoms with Crippen molar-refractivity contribution in [3.8, 4) is 0 Å². The van der Waals surface area contributed by atoms with E-state index in [0.717, 1.165) is 37.0 Å². The molecule has 0 radical (unpaired) electrons. The summed E-state index contributed by atoms with van der Waals surface area (Å²) in [4.78, 5) is 12.0. The van der Waals surface area contributed by atoms with Crippen LogP contribution in [0.3, 0.4) is 0 Å². The average molecular weight is 345 g/mol. The van der Waals surface area contributed by atoms with E-state index in [0.29, 0.717) is 13.2 Å². The van der Waals surface area contributed by atoms with Gasteiger partial charge in [-0.05, 0) is 24.3 Å². The molecule has 1 aromatic rings. The number of nitrogens with zero attached hydrogens (tertiary/aromatic N) is 1. The maximum absolute atomic E-state index is 13.0. The van der Waals surface area contributed by atoms with Crippen molar-refractivity contribution < 1.29 is 22.7 Å². The number of fused-ring (bicyclic) bond motifs is 1. The highest BCUT2D eigenvalue weighted by molar-refractivity contribution is 7.89. The first-order valence-corrected chi connectivity index (χ1v) is 9.67. The molecule has 0 bridgehead atoms. The Hall–Kier alpha value is -0.960. The van der Waals surface area contributed by atoms with Crippen molar-refractivity contribution in [2.75, 3.05) is 20.3 Å². The Bertz CT molecular complexity index is 652. The highest BCUT2D eigenvalue weighted by Gasteiger charge is 2.42. The van der Waals surface area contributed by atoms with Gasteiger partial charge in [0.05, 0.1) is 25.9 Å². The smallest absolute Gasteiger partial charge is 0.349 e. The molecule has 1 saturated heterocycles. The number of morpholine rings is 1. The lowest BCUT2D eigenvalue weighted by atomic mass is 9.91. The third kappa shape index (κ3) is 2.68. The molecule has 1 saturated carbocycles. The molecule has 0 amide bonds. The number of thiophene rings is 1. The Morgan fingerprint density at radius 1 is 1.41 bits per heavy atom. The molecule has 22 heavy (non-hydrogen) atoms. The number of carbonyl (C=O) groups excluding carboxylic acids is 1. The molecule has 1 aromatic heterocycles. The third-order valence-electron chi connectivity index (χ3n) is 4.27. The Morgan fingerprint density at radius 2 is 2.18 bits per heavy atom. The van der Waals surface area contributed by atoms with E-state index in [1.54, 1.807) is 5.38 Å². The van der Waals surface area contributed by atoms with Crippen molar-refractivity contribution in [3.63, 3.8) is 0 Å². The van der Waals surface area contributed by atoms with Crippen LogP contribution in [0.2, 0.25) is 0 Å². The fourth-order valence-corrected chi connectivity index (χ4v) is 6.20. The van der Waals surface area contributed by atoms with Crippen molar-refractivity contribution >= 4 is 27.3 Å². The van der Waals surface area contributed by atoms with Crippen LogP contribution >= 0.6 is 11.3 Å². The molecule has 2 heterocycles. The van der Waals surface area contributed by atoms with E-state index >= 15 is 0 Å². The van der Waals surface area contributed by atoms with Crippen molar-refractivity contribution in [3.05, 3.63) is 16.3 Å². The van der Waals surface area contributed by atoms with Crippen LogP contribution in [0.4, 0.5) is 0 Å². The zero-order chi connectivity index (χ0) is 15.7. The summed E-state index contributed by atoms with van der Waals surface area (Å²) >= 11 is 1.09. The van der Waals surface area contributed by atoms with E-state index in [-0.39, 0.29) is 21.9 Å². The fourth-order valence-electron chi connectivity index (χ4n) is 3.23. The first-order chi connectivity index (χ1) is 10.6. The molecule has 2 fully saturated rings. The van der Waals surface area contributed by atoms with Crippen LogP contribution in [0.15, 0.2) is 16.3 Å². The van der Waals surface area contributed by atoms with Crippen LogP contribution in [-0.4, -0.2) is 51.1 Å². The zero-order valence-electron chi connectivity index (χ0n) is 12.4. The topological polar surface area (TPSA) is 72.9 Å². The molecule has 1 aliphatic heterocycles. The quantitative estimate of drug-likeness (QED) is 0.782. The largest absolute Gasteiger partial charge is 0.465 e. The lowest BCUT2D eigenvalue weighted by Gasteiger charge is -2.42. The lowest BCUT2D eigenvalue weighted by Crippen LogP contribution is -2.54. The molecular formula is C14H19NO5S2. The van der Waals surface area contributed by atoms with Gasteiger partial charge in [0, 0.05) is 6.54 Å². The van der Waals surface area contributed by atoms with E-state index in [4.69, 9.17) is 4.74 Å². The molecule has 122 valence electrons. The second-order valence-electron chi connectivity index (χ2n) is 5.48. The second-order valence-corrected chi connectivity index (χ2v) is 8.26. The summed E-state index contributed by atoms with van der Waals surface area (Å²) in [6, 6.07) is 1.36. The monoisotopic (exact) mass is 345 g/mol. The molecule has 2 atom stereocenters. The minimum Gasteiger partial charge on any atom is -0.465 e. The molecule has 3 rings (SSSR count). The number of ether oxygens (including phenoxy) is 2. The van der Waals surface area contributed by atoms with E-state index in [1.165, 1.54) is 17.5 Å². The van der Waals surface area contributed by atoms with Crippen LogP contribution in [0, 0.1) is 0 Å². The molecule has 6 nitrogen and oxygen atoms in total. The van der Waals surface area contributed by atoms with Gasteiger partial charge in [-0.25, -0.2) is 13.2 Å². The number of hydrogen-bond donors (Lipinski definition) is 0. The van der Waals surface area contributed by atoms with Gasteiger partial charge < -0.3 is 9.47 Å². The summed E-state index contributed by atoms with van der Waals surface area (Å²) in [5.41, 5.74) is 0. The van der Waals surface area contributed by atoms with Gasteiger partial charge in [0.1, 0.15) is 9.77 Å². The Labute approximate surface area is 134 Å². The molecule has 0 aromatic carbocycles. The van der Waals surface area contributed by atoms with Gasteiger partial charge in [-0.15, -0.1) is 11.3 Å². The van der Waals surface area contributed by atoms with Crippen molar-refractivity contribution in [2.24, 2.45) is 0 Å². The van der Waals surface area contributed by atoms with Gasteiger partial charge in [0.15, 0.2) is 0 Å². The van der Waals surface area contributed by atoms with Crippen LogP contribution in [0.25, 0.3) is 0 Å². The van der Waals surface area contributed by atoms with Gasteiger partial charge >= 0.3 is 5.97 Å². The van der Waals surface area contributed by atoms with E-state index in [2.05, 4.69) is 4.74 Å². The summed E-state index contributed by atoms with van der Waals surface area (Å²) in [5.74, 6) is -0.609. The number of rotatable bonds is 3. The van der Waals surface area contributed by atoms with Crippen LogP contribution in [0.1, 0.15) is 35.4 Å². The first-order valence-electron chi connectivity index (χ1n) is 7.35. The van der Waals surface area contributed by atoms with Gasteiger partial charge in [-0.2, -0.15) is 4.31 Å². The molecule has 2 aliphatic rings. The summed E-state index contributed by atoms with van der Waals surface area (Å²) < 4.78 is 38.0. The molecular weight excluding hydrogens is 326 g/mol. The van der Waals surface area contributed by atoms with Crippen LogP contribution < -0.4 is 0 Å². The van der Waals surface area contributed by atoms with Crippen LogP contribution in [0.5, 0.6) is 0 Å². The predicted octanol–water partition coefficient (Wildman–Crippen LogP) is 1.87. The molecule has 1 aliphatic carbocycles. The predicted molar refractivity (Wildman–Crippen MR) is 81.5 cm³/mol. The van der Waals surface area contributed by atoms with E-state index < -0.39 is 16.0 Å². The molecule has 2 unspecified atom stereocenters. The number of carbonyl (C=O) groups is 1. The van der Waals surface area contributed by atoms with Crippen molar-refractivity contribution in [1.82, 2.24) is 4.31 Å². The van der Waals surface area contributed by atoms with Gasteiger partial charge in [-0.1, -0.05) is 12.8 Å². The standard InChI is InChI=1S/C14H19NO5S2/c1-19-14(16)13-12(6-9-21-13)22(17,18)15-7-8-20-11-5-3-2-4-10(11)15/h6,9-11H,2-5,7-8H2,1H3. The zero-order valence-corrected chi connectivity index (χ0v) is 14.0. The highest BCUT2D eigenvalue weighted by Crippen LogP contribution is 2.34. The summed E-state index contributed by atoms with van der Waals surface area (Å²) in [6.07, 6.45) is 3.74. The average Bonchev–Trinajstić information content (AvgIpc) is 3.04. The third-order valence-corrected chi connectivity index (χ3v) is 7.26. The number of sulfonamides is 1. The first kappa shape index (κ1) is 15.9. The fraction of sp³-hybridized carbons (Fsp3) is 0.643. The number of methoxy groups -OCH3 is 1. The lowest BCUT2D eigenvalue weighted by molar-refractivity contribution is -0.0586. The van der Waals surface area contributed by atoms with E-state index in [1.807, 2.05) is 0 Å². The maximum Gasteiger partial charge on any atom is 0.349 e. The number of hydrogen-bond acceptors (Lipinski definition) is 6. The summed E-state index contributed by atoms with van der Waals surface area (Å²) in [5, 5.41) is 1.61. The summed E-state index contributed by atoms with van der Waals surface area (Å²) in [6.45, 7) is 0.734. The Kier molecular flexibility index (Phi) is 4.54. The molecule has 0 spiro atoms. The maximum atomic E-state index is 13.0. The number of esters is 1. The molecule has 0 N–H and O–H groups in total. The Morgan fingerprint density at radius 3 is 2.95 bits per heavy atom. The van der Waals surface area contributed by atoms with Gasteiger partial charge in [0.25, 0.3) is 0 Å². The minimum atomic E-state index is -3.71. The minimum absolute atomic E-state index is 0.0301. The second kappa shape index (κ2) is 6.27. The van der Waals surface area contributed by atoms with Crippen molar-refractivity contribution in [1.29, 1.82) is 0 Å². The Balaban J connectivity index is 1.95. The SMILES string of the molecule is COC(=O)c1sccc1S(=O)(=O)N1CCOC2CCCCC21. The normalized spacial score (nSPS) is 26.4.